The third kappa shape index (κ3) is 3.56. The molecular formula is C10H18F3N3O2. The molecule has 0 aromatic heterocycles. The summed E-state index contributed by atoms with van der Waals surface area (Å²) in [4.78, 5) is 12.8. The van der Waals surface area contributed by atoms with E-state index in [1.54, 1.807) is 6.92 Å². The van der Waals surface area contributed by atoms with Crippen molar-refractivity contribution in [3.05, 3.63) is 0 Å². The van der Waals surface area contributed by atoms with Crippen LogP contribution in [0.5, 0.6) is 0 Å². The van der Waals surface area contributed by atoms with Crippen LogP contribution in [0.1, 0.15) is 6.92 Å². The van der Waals surface area contributed by atoms with Gasteiger partial charge in [0.1, 0.15) is 12.1 Å². The molecule has 0 aliphatic carbocycles. The van der Waals surface area contributed by atoms with Crippen LogP contribution in [0.25, 0.3) is 0 Å². The Morgan fingerprint density at radius 3 is 2.78 bits per heavy atom. The van der Waals surface area contributed by atoms with E-state index in [1.807, 2.05) is 0 Å². The predicted molar refractivity (Wildman–Crippen MR) is 58.9 cm³/mol. The lowest BCUT2D eigenvalue weighted by Gasteiger charge is -2.40. The smallest absolute Gasteiger partial charge is 0.378 e. The molecule has 0 bridgehead atoms. The number of ether oxygens (including phenoxy) is 1. The second kappa shape index (κ2) is 6.35. The van der Waals surface area contributed by atoms with Gasteiger partial charge in [0, 0.05) is 19.6 Å². The summed E-state index contributed by atoms with van der Waals surface area (Å²) in [6, 6.07) is -2.75. The van der Waals surface area contributed by atoms with Crippen LogP contribution < -0.4 is 11.1 Å². The van der Waals surface area contributed by atoms with E-state index in [4.69, 9.17) is 10.5 Å². The topological polar surface area (TPSA) is 67.6 Å². The molecule has 1 saturated heterocycles. The number of carbonyl (C=O) groups excluding carboxylic acids is 1. The summed E-state index contributed by atoms with van der Waals surface area (Å²) in [6.07, 6.45) is -4.45. The Kier molecular flexibility index (Phi) is 5.36. The minimum atomic E-state index is -4.45. The first kappa shape index (κ1) is 15.2. The van der Waals surface area contributed by atoms with Crippen LogP contribution in [0.4, 0.5) is 13.2 Å². The number of hydrogen-bond donors (Lipinski definition) is 2. The number of hydrogen-bond acceptors (Lipinski definition) is 4. The van der Waals surface area contributed by atoms with Crippen molar-refractivity contribution in [1.82, 2.24) is 10.2 Å². The van der Waals surface area contributed by atoms with Crippen molar-refractivity contribution in [2.75, 3.05) is 32.8 Å². The van der Waals surface area contributed by atoms with Crippen molar-refractivity contribution in [3.63, 3.8) is 0 Å². The van der Waals surface area contributed by atoms with Crippen LogP contribution in [-0.4, -0.2) is 61.9 Å². The summed E-state index contributed by atoms with van der Waals surface area (Å²) in [5.41, 5.74) is 5.19. The number of likely N-dealkylation sites (N-methyl/N-ethyl adjacent to an activating group) is 1. The molecule has 1 fully saturated rings. The third-order valence-electron chi connectivity index (χ3n) is 2.82. The molecule has 0 aromatic rings. The summed E-state index contributed by atoms with van der Waals surface area (Å²) in [5, 5.41) is 2.51. The average molecular weight is 269 g/mol. The number of nitrogens with two attached hydrogens (primary N) is 1. The summed E-state index contributed by atoms with van der Waals surface area (Å²) in [7, 11) is 0. The highest BCUT2D eigenvalue weighted by Gasteiger charge is 2.47. The number of nitrogens with zero attached hydrogens (tertiary/aromatic N) is 1. The van der Waals surface area contributed by atoms with Gasteiger partial charge in [0.05, 0.1) is 13.2 Å². The van der Waals surface area contributed by atoms with Gasteiger partial charge < -0.3 is 15.8 Å². The Hall–Kier alpha value is -0.860. The maximum Gasteiger partial charge on any atom is 0.405 e. The highest BCUT2D eigenvalue weighted by molar-refractivity contribution is 5.82. The van der Waals surface area contributed by atoms with E-state index in [0.29, 0.717) is 6.54 Å². The van der Waals surface area contributed by atoms with Gasteiger partial charge in [-0.2, -0.15) is 13.2 Å². The zero-order valence-corrected chi connectivity index (χ0v) is 10.2. The lowest BCUT2D eigenvalue weighted by atomic mass is 10.1. The number of alkyl halides is 3. The summed E-state index contributed by atoms with van der Waals surface area (Å²) < 4.78 is 43.6. The van der Waals surface area contributed by atoms with E-state index >= 15 is 0 Å². The van der Waals surface area contributed by atoms with E-state index in [9.17, 15) is 18.0 Å². The second-order valence-electron chi connectivity index (χ2n) is 4.02. The molecule has 0 spiro atoms. The van der Waals surface area contributed by atoms with Gasteiger partial charge in [-0.1, -0.05) is 0 Å². The molecule has 0 radical (unpaired) electrons. The molecule has 1 amide bonds. The quantitative estimate of drug-likeness (QED) is 0.736. The van der Waals surface area contributed by atoms with Crippen LogP contribution >= 0.6 is 0 Å². The standard InChI is InChI=1S/C10H18F3N3O2/c1-2-15-9(17)7-6-18-4-3-16(7)8(5-14)10(11,12)13/h7-8H,2-6,14H2,1H3,(H,15,17). The summed E-state index contributed by atoms with van der Waals surface area (Å²) >= 11 is 0. The Labute approximate surface area is 103 Å². The summed E-state index contributed by atoms with van der Waals surface area (Å²) in [6.45, 7) is 1.67. The molecule has 18 heavy (non-hydrogen) atoms. The molecule has 2 unspecified atom stereocenters. The molecule has 3 N–H and O–H groups in total. The van der Waals surface area contributed by atoms with E-state index < -0.39 is 30.7 Å². The van der Waals surface area contributed by atoms with Gasteiger partial charge in [0.2, 0.25) is 5.91 Å². The molecule has 1 aliphatic rings. The molecule has 1 rings (SSSR count). The van der Waals surface area contributed by atoms with Crippen LogP contribution in [0.15, 0.2) is 0 Å². The predicted octanol–water partition coefficient (Wildman–Crippen LogP) is -0.287. The van der Waals surface area contributed by atoms with Gasteiger partial charge in [-0.05, 0) is 6.92 Å². The number of amides is 1. The lowest BCUT2D eigenvalue weighted by Crippen LogP contribution is -2.62. The highest BCUT2D eigenvalue weighted by Crippen LogP contribution is 2.26. The van der Waals surface area contributed by atoms with Gasteiger partial charge in [0.25, 0.3) is 0 Å². The van der Waals surface area contributed by atoms with Crippen molar-refractivity contribution in [1.29, 1.82) is 0 Å². The first-order valence-electron chi connectivity index (χ1n) is 5.79. The molecule has 1 heterocycles. The highest BCUT2D eigenvalue weighted by atomic mass is 19.4. The van der Waals surface area contributed by atoms with Crippen molar-refractivity contribution in [3.8, 4) is 0 Å². The SMILES string of the molecule is CCNC(=O)C1COCCN1C(CN)C(F)(F)F. The minimum absolute atomic E-state index is 0.0432. The molecule has 8 heteroatoms. The second-order valence-corrected chi connectivity index (χ2v) is 4.02. The maximum absolute atomic E-state index is 12.8. The molecule has 0 aromatic carbocycles. The average Bonchev–Trinajstić information content (AvgIpc) is 2.29. The number of nitrogens with one attached hydrogen (secondary N) is 1. The fourth-order valence-electron chi connectivity index (χ4n) is 1.96. The van der Waals surface area contributed by atoms with Crippen LogP contribution in [0.3, 0.4) is 0 Å². The minimum Gasteiger partial charge on any atom is -0.378 e. The largest absolute Gasteiger partial charge is 0.405 e. The first-order chi connectivity index (χ1) is 8.41. The van der Waals surface area contributed by atoms with Crippen molar-refractivity contribution < 1.29 is 22.7 Å². The monoisotopic (exact) mass is 269 g/mol. The van der Waals surface area contributed by atoms with Crippen molar-refractivity contribution in [2.24, 2.45) is 5.73 Å². The molecular weight excluding hydrogens is 251 g/mol. The molecule has 1 aliphatic heterocycles. The zero-order chi connectivity index (χ0) is 13.8. The Bertz CT molecular complexity index is 286. The Morgan fingerprint density at radius 1 is 1.61 bits per heavy atom. The normalized spacial score (nSPS) is 23.7. The zero-order valence-electron chi connectivity index (χ0n) is 10.2. The van der Waals surface area contributed by atoms with Crippen LogP contribution in [-0.2, 0) is 9.53 Å². The van der Waals surface area contributed by atoms with E-state index in [2.05, 4.69) is 5.32 Å². The Morgan fingerprint density at radius 2 is 2.28 bits per heavy atom. The van der Waals surface area contributed by atoms with Gasteiger partial charge >= 0.3 is 6.18 Å². The molecule has 0 saturated carbocycles. The van der Waals surface area contributed by atoms with Gasteiger partial charge in [-0.3, -0.25) is 9.69 Å². The Balaban J connectivity index is 2.83. The van der Waals surface area contributed by atoms with Crippen LogP contribution in [0, 0.1) is 0 Å². The van der Waals surface area contributed by atoms with Crippen LogP contribution in [0.2, 0.25) is 0 Å². The molecule has 106 valence electrons. The van der Waals surface area contributed by atoms with Gasteiger partial charge in [-0.25, -0.2) is 0 Å². The number of rotatable bonds is 4. The third-order valence-corrected chi connectivity index (χ3v) is 2.82. The van der Waals surface area contributed by atoms with E-state index in [1.165, 1.54) is 0 Å². The van der Waals surface area contributed by atoms with E-state index in [0.717, 1.165) is 4.90 Å². The van der Waals surface area contributed by atoms with E-state index in [-0.39, 0.29) is 19.8 Å². The summed E-state index contributed by atoms with van der Waals surface area (Å²) in [5.74, 6) is -0.458. The van der Waals surface area contributed by atoms with Crippen molar-refractivity contribution in [2.45, 2.75) is 25.2 Å². The fraction of sp³-hybridized carbons (Fsp3) is 0.900. The number of carbonyl (C=O) groups is 1. The maximum atomic E-state index is 12.8. The first-order valence-corrected chi connectivity index (χ1v) is 5.79. The fourth-order valence-corrected chi connectivity index (χ4v) is 1.96. The lowest BCUT2D eigenvalue weighted by molar-refractivity contribution is -0.198. The van der Waals surface area contributed by atoms with Crippen molar-refractivity contribution >= 4 is 5.91 Å². The van der Waals surface area contributed by atoms with Gasteiger partial charge in [0.15, 0.2) is 0 Å². The molecule has 2 atom stereocenters. The number of morpholine rings is 1. The molecule has 5 nitrogen and oxygen atoms in total. The van der Waals surface area contributed by atoms with Gasteiger partial charge in [-0.15, -0.1) is 0 Å². The number of halogens is 3.